The number of carbonyl (C=O) groups is 1. The molecule has 0 spiro atoms. The van der Waals surface area contributed by atoms with E-state index >= 15 is 0 Å². The Morgan fingerprint density at radius 1 is 1.10 bits per heavy atom. The number of hydrogen-bond acceptors (Lipinski definition) is 4. The number of nitrogens with zero attached hydrogens (tertiary/aromatic N) is 3. The van der Waals surface area contributed by atoms with Gasteiger partial charge in [0.25, 0.3) is 5.56 Å². The SMILES string of the molecule is O=C(O)c1ccc(Cn2c(=O)cnc3ccccc32)nc1. The van der Waals surface area contributed by atoms with E-state index in [1.54, 1.807) is 10.6 Å². The molecule has 1 aromatic carbocycles. The quantitative estimate of drug-likeness (QED) is 0.787. The third kappa shape index (κ3) is 2.51. The highest BCUT2D eigenvalue weighted by molar-refractivity contribution is 5.87. The second kappa shape index (κ2) is 5.16. The number of pyridine rings is 1. The van der Waals surface area contributed by atoms with Crippen LogP contribution < -0.4 is 5.56 Å². The van der Waals surface area contributed by atoms with Crippen LogP contribution in [0, 0.1) is 0 Å². The second-order valence-electron chi connectivity index (χ2n) is 4.51. The average molecular weight is 281 g/mol. The second-order valence-corrected chi connectivity index (χ2v) is 4.51. The molecular formula is C15H11N3O3. The molecule has 21 heavy (non-hydrogen) atoms. The van der Waals surface area contributed by atoms with Gasteiger partial charge in [-0.15, -0.1) is 0 Å². The Morgan fingerprint density at radius 2 is 1.90 bits per heavy atom. The molecule has 0 saturated heterocycles. The van der Waals surface area contributed by atoms with Crippen molar-refractivity contribution in [2.45, 2.75) is 6.54 Å². The van der Waals surface area contributed by atoms with E-state index in [1.807, 2.05) is 24.3 Å². The molecule has 6 nitrogen and oxygen atoms in total. The summed E-state index contributed by atoms with van der Waals surface area (Å²) < 4.78 is 1.56. The van der Waals surface area contributed by atoms with E-state index in [9.17, 15) is 9.59 Å². The van der Waals surface area contributed by atoms with Gasteiger partial charge in [0, 0.05) is 6.20 Å². The summed E-state index contributed by atoms with van der Waals surface area (Å²) in [6.45, 7) is 0.266. The first kappa shape index (κ1) is 13.0. The Balaban J connectivity index is 2.03. The van der Waals surface area contributed by atoms with Crippen molar-refractivity contribution >= 4 is 17.0 Å². The summed E-state index contributed by atoms with van der Waals surface area (Å²) in [5.74, 6) is -1.03. The van der Waals surface area contributed by atoms with Crippen molar-refractivity contribution in [3.05, 3.63) is 70.4 Å². The monoisotopic (exact) mass is 281 g/mol. The zero-order valence-electron chi connectivity index (χ0n) is 10.9. The van der Waals surface area contributed by atoms with Gasteiger partial charge in [-0.3, -0.25) is 14.3 Å². The van der Waals surface area contributed by atoms with Gasteiger partial charge in [-0.05, 0) is 24.3 Å². The molecule has 0 aliphatic heterocycles. The number of rotatable bonds is 3. The number of carboxylic acids is 1. The molecule has 0 fully saturated rings. The van der Waals surface area contributed by atoms with Gasteiger partial charge in [0.15, 0.2) is 0 Å². The predicted molar refractivity (Wildman–Crippen MR) is 76.3 cm³/mol. The van der Waals surface area contributed by atoms with Crippen molar-refractivity contribution in [1.29, 1.82) is 0 Å². The molecule has 0 saturated carbocycles. The summed E-state index contributed by atoms with van der Waals surface area (Å²) in [5.41, 5.74) is 1.94. The molecule has 2 aromatic heterocycles. The van der Waals surface area contributed by atoms with Crippen LogP contribution in [0.5, 0.6) is 0 Å². The lowest BCUT2D eigenvalue weighted by atomic mass is 10.2. The summed E-state index contributed by atoms with van der Waals surface area (Å²) in [6, 6.07) is 10.4. The maximum absolute atomic E-state index is 12.0. The van der Waals surface area contributed by atoms with E-state index < -0.39 is 5.97 Å². The van der Waals surface area contributed by atoms with Crippen LogP contribution in [-0.2, 0) is 6.54 Å². The number of carboxylic acid groups (broad SMARTS) is 1. The molecule has 2 heterocycles. The Kier molecular flexibility index (Phi) is 3.19. The topological polar surface area (TPSA) is 85.1 Å². The van der Waals surface area contributed by atoms with Crippen LogP contribution in [0.3, 0.4) is 0 Å². The average Bonchev–Trinajstić information content (AvgIpc) is 2.51. The van der Waals surface area contributed by atoms with E-state index in [0.29, 0.717) is 11.2 Å². The molecule has 0 radical (unpaired) electrons. The summed E-state index contributed by atoms with van der Waals surface area (Å²) in [5, 5.41) is 8.85. The fourth-order valence-electron chi connectivity index (χ4n) is 2.08. The molecule has 0 unspecified atom stereocenters. The predicted octanol–water partition coefficient (Wildman–Crippen LogP) is 1.54. The van der Waals surface area contributed by atoms with Crippen LogP contribution in [0.15, 0.2) is 53.6 Å². The lowest BCUT2D eigenvalue weighted by Gasteiger charge is -2.09. The fraction of sp³-hybridized carbons (Fsp3) is 0.0667. The van der Waals surface area contributed by atoms with Crippen molar-refractivity contribution < 1.29 is 9.90 Å². The molecule has 0 aliphatic carbocycles. The van der Waals surface area contributed by atoms with Gasteiger partial charge in [0.05, 0.1) is 35.0 Å². The Bertz CT molecular complexity index is 869. The van der Waals surface area contributed by atoms with E-state index in [-0.39, 0.29) is 17.7 Å². The van der Waals surface area contributed by atoms with E-state index in [2.05, 4.69) is 9.97 Å². The van der Waals surface area contributed by atoms with Crippen LogP contribution in [0.2, 0.25) is 0 Å². The first-order valence-corrected chi connectivity index (χ1v) is 6.28. The summed E-state index contributed by atoms with van der Waals surface area (Å²) in [6.07, 6.45) is 2.56. The molecule has 3 aromatic rings. The van der Waals surface area contributed by atoms with Crippen LogP contribution in [0.1, 0.15) is 16.1 Å². The van der Waals surface area contributed by atoms with Crippen LogP contribution >= 0.6 is 0 Å². The Hall–Kier alpha value is -3.02. The number of aromatic nitrogens is 3. The molecule has 0 atom stereocenters. The van der Waals surface area contributed by atoms with E-state index in [1.165, 1.54) is 18.5 Å². The molecule has 0 aliphatic rings. The summed E-state index contributed by atoms with van der Waals surface area (Å²) >= 11 is 0. The first-order valence-electron chi connectivity index (χ1n) is 6.28. The molecule has 0 bridgehead atoms. The highest BCUT2D eigenvalue weighted by Gasteiger charge is 2.07. The van der Waals surface area contributed by atoms with Crippen LogP contribution in [-0.4, -0.2) is 25.6 Å². The van der Waals surface area contributed by atoms with Gasteiger partial charge in [-0.1, -0.05) is 12.1 Å². The third-order valence-electron chi connectivity index (χ3n) is 3.14. The molecule has 3 rings (SSSR count). The lowest BCUT2D eigenvalue weighted by molar-refractivity contribution is 0.0696. The molecule has 1 N–H and O–H groups in total. The largest absolute Gasteiger partial charge is 0.478 e. The van der Waals surface area contributed by atoms with Crippen LogP contribution in [0.25, 0.3) is 11.0 Å². The first-order chi connectivity index (χ1) is 10.1. The number of aromatic carboxylic acids is 1. The maximum Gasteiger partial charge on any atom is 0.337 e. The Labute approximate surface area is 119 Å². The van der Waals surface area contributed by atoms with Gasteiger partial charge in [-0.25, -0.2) is 9.78 Å². The van der Waals surface area contributed by atoms with E-state index in [0.717, 1.165) is 5.52 Å². The lowest BCUT2D eigenvalue weighted by Crippen LogP contribution is -2.21. The third-order valence-corrected chi connectivity index (χ3v) is 3.14. The number of benzene rings is 1. The summed E-state index contributed by atoms with van der Waals surface area (Å²) in [4.78, 5) is 31.0. The number of hydrogen-bond donors (Lipinski definition) is 1. The van der Waals surface area contributed by atoms with Crippen LogP contribution in [0.4, 0.5) is 0 Å². The highest BCUT2D eigenvalue weighted by atomic mass is 16.4. The zero-order valence-corrected chi connectivity index (χ0v) is 10.9. The minimum Gasteiger partial charge on any atom is -0.478 e. The van der Waals surface area contributed by atoms with Crippen molar-refractivity contribution in [1.82, 2.24) is 14.5 Å². The van der Waals surface area contributed by atoms with Gasteiger partial charge in [0.1, 0.15) is 0 Å². The minimum absolute atomic E-state index is 0.116. The van der Waals surface area contributed by atoms with Crippen molar-refractivity contribution in [3.63, 3.8) is 0 Å². The van der Waals surface area contributed by atoms with Gasteiger partial charge in [0.2, 0.25) is 0 Å². The van der Waals surface area contributed by atoms with Gasteiger partial charge < -0.3 is 5.11 Å². The number of fused-ring (bicyclic) bond motifs is 1. The normalized spacial score (nSPS) is 10.7. The van der Waals surface area contributed by atoms with Crippen molar-refractivity contribution in [3.8, 4) is 0 Å². The fourth-order valence-corrected chi connectivity index (χ4v) is 2.08. The molecular weight excluding hydrogens is 270 g/mol. The smallest absolute Gasteiger partial charge is 0.337 e. The summed E-state index contributed by atoms with van der Waals surface area (Å²) in [7, 11) is 0. The highest BCUT2D eigenvalue weighted by Crippen LogP contribution is 2.10. The standard InChI is InChI=1S/C15H11N3O3/c19-14-8-17-12-3-1-2-4-13(12)18(14)9-11-6-5-10(7-16-11)15(20)21/h1-8H,9H2,(H,20,21). The molecule has 6 heteroatoms. The van der Waals surface area contributed by atoms with E-state index in [4.69, 9.17) is 5.11 Å². The van der Waals surface area contributed by atoms with Crippen molar-refractivity contribution in [2.24, 2.45) is 0 Å². The minimum atomic E-state index is -1.03. The molecule has 104 valence electrons. The molecule has 0 amide bonds. The maximum atomic E-state index is 12.0. The van der Waals surface area contributed by atoms with Gasteiger partial charge >= 0.3 is 5.97 Å². The van der Waals surface area contributed by atoms with Crippen molar-refractivity contribution in [2.75, 3.05) is 0 Å². The number of para-hydroxylation sites is 2. The zero-order chi connectivity index (χ0) is 14.8. The van der Waals surface area contributed by atoms with Gasteiger partial charge in [-0.2, -0.15) is 0 Å². The Morgan fingerprint density at radius 3 is 2.62 bits per heavy atom.